The molecule has 0 aromatic heterocycles. The summed E-state index contributed by atoms with van der Waals surface area (Å²) in [6.45, 7) is 1.62. The fourth-order valence-corrected chi connectivity index (χ4v) is 8.38. The minimum atomic E-state index is -4.22. The molecular weight excluding hydrogens is 510 g/mol. The lowest BCUT2D eigenvalue weighted by Crippen LogP contribution is -2.41. The van der Waals surface area contributed by atoms with Gasteiger partial charge >= 0.3 is 5.97 Å². The molecule has 0 spiro atoms. The molecule has 0 atom stereocenters. The van der Waals surface area contributed by atoms with E-state index in [2.05, 4.69) is 0 Å². The maximum Gasteiger partial charge on any atom is 0.321 e. The Morgan fingerprint density at radius 2 is 1.68 bits per heavy atom. The molecule has 2 aromatic carbocycles. The van der Waals surface area contributed by atoms with Gasteiger partial charge in [-0.25, -0.2) is 25.6 Å². The molecule has 0 N–H and O–H groups in total. The maximum atomic E-state index is 14.9. The quantitative estimate of drug-likeness (QED) is 0.464. The van der Waals surface area contributed by atoms with Crippen molar-refractivity contribution in [1.82, 2.24) is 0 Å². The van der Waals surface area contributed by atoms with Crippen LogP contribution < -0.4 is 0 Å². The van der Waals surface area contributed by atoms with Gasteiger partial charge < -0.3 is 4.74 Å². The standard InChI is InChI=1S/C23H25ClF2O6S2/c1-2-32-22(27)15-33(28,29)14-16-9-11-23(12-10-16,20-13-18(25)5-8-21(20)26)34(30,31)19-6-3-17(24)4-7-19/h3-8,13,16H,2,9-12,14-15H2,1H3. The first kappa shape index (κ1) is 26.6. The lowest BCUT2D eigenvalue weighted by atomic mass is 9.78. The second-order valence-electron chi connectivity index (χ2n) is 8.38. The highest BCUT2D eigenvalue weighted by Crippen LogP contribution is 2.49. The van der Waals surface area contributed by atoms with Crippen LogP contribution in [-0.4, -0.2) is 40.9 Å². The summed E-state index contributed by atoms with van der Waals surface area (Å²) in [5.74, 6) is -4.00. The first-order valence-corrected chi connectivity index (χ1v) is 14.4. The molecule has 11 heteroatoms. The summed E-state index contributed by atoms with van der Waals surface area (Å²) in [6.07, 6.45) is 0.0332. The summed E-state index contributed by atoms with van der Waals surface area (Å²) in [4.78, 5) is 11.5. The van der Waals surface area contributed by atoms with Crippen molar-refractivity contribution in [1.29, 1.82) is 0 Å². The van der Waals surface area contributed by atoms with Gasteiger partial charge in [-0.05, 0) is 81.0 Å². The number of halogens is 3. The number of esters is 1. The summed E-state index contributed by atoms with van der Waals surface area (Å²) in [7, 11) is -8.00. The molecule has 0 radical (unpaired) electrons. The molecule has 0 bridgehead atoms. The number of ether oxygens (including phenoxy) is 1. The highest BCUT2D eigenvalue weighted by Gasteiger charge is 2.50. The van der Waals surface area contributed by atoms with Crippen LogP contribution in [0.5, 0.6) is 0 Å². The Kier molecular flexibility index (Phi) is 8.04. The molecule has 1 aliphatic rings. The molecular formula is C23H25ClF2O6S2. The van der Waals surface area contributed by atoms with E-state index in [9.17, 15) is 30.4 Å². The minimum absolute atomic E-state index is 0.0576. The highest BCUT2D eigenvalue weighted by atomic mass is 35.5. The summed E-state index contributed by atoms with van der Waals surface area (Å²) < 4.78 is 84.3. The number of carbonyl (C=O) groups excluding carboxylic acids is 1. The fourth-order valence-electron chi connectivity index (χ4n) is 4.48. The molecule has 34 heavy (non-hydrogen) atoms. The molecule has 0 unspecified atom stereocenters. The summed E-state index contributed by atoms with van der Waals surface area (Å²) in [5.41, 5.74) is -0.282. The van der Waals surface area contributed by atoms with E-state index >= 15 is 0 Å². The van der Waals surface area contributed by atoms with E-state index in [4.69, 9.17) is 16.3 Å². The van der Waals surface area contributed by atoms with Gasteiger partial charge in [0.2, 0.25) is 0 Å². The van der Waals surface area contributed by atoms with Crippen LogP contribution in [0.15, 0.2) is 47.4 Å². The summed E-state index contributed by atoms with van der Waals surface area (Å²) in [5, 5.41) is 0.320. The van der Waals surface area contributed by atoms with Gasteiger partial charge in [-0.2, -0.15) is 0 Å². The molecule has 0 aliphatic heterocycles. The zero-order valence-corrected chi connectivity index (χ0v) is 20.9. The number of carbonyl (C=O) groups is 1. The van der Waals surface area contributed by atoms with Crippen LogP contribution in [0.3, 0.4) is 0 Å². The van der Waals surface area contributed by atoms with Crippen molar-refractivity contribution in [2.75, 3.05) is 18.1 Å². The van der Waals surface area contributed by atoms with Crippen molar-refractivity contribution in [3.8, 4) is 0 Å². The topological polar surface area (TPSA) is 94.6 Å². The predicted molar refractivity (Wildman–Crippen MR) is 124 cm³/mol. The Balaban J connectivity index is 1.95. The SMILES string of the molecule is CCOC(=O)CS(=O)(=O)CC1CCC(c2cc(F)ccc2F)(S(=O)(=O)c2ccc(Cl)cc2)CC1. The predicted octanol–water partition coefficient (Wildman–Crippen LogP) is 4.46. The lowest BCUT2D eigenvalue weighted by molar-refractivity contribution is -0.139. The smallest absolute Gasteiger partial charge is 0.321 e. The Bertz CT molecular complexity index is 1250. The maximum absolute atomic E-state index is 14.9. The molecule has 186 valence electrons. The molecule has 2 aromatic rings. The molecule has 1 aliphatic carbocycles. The summed E-state index contributed by atoms with van der Waals surface area (Å²) >= 11 is 5.89. The first-order chi connectivity index (χ1) is 15.9. The highest BCUT2D eigenvalue weighted by molar-refractivity contribution is 7.92. The van der Waals surface area contributed by atoms with Gasteiger partial charge in [-0.15, -0.1) is 0 Å². The third-order valence-electron chi connectivity index (χ3n) is 6.10. The Morgan fingerprint density at radius 1 is 1.06 bits per heavy atom. The molecule has 1 saturated carbocycles. The van der Waals surface area contributed by atoms with E-state index in [1.54, 1.807) is 6.92 Å². The van der Waals surface area contributed by atoms with Gasteiger partial charge in [0, 0.05) is 10.6 Å². The van der Waals surface area contributed by atoms with Crippen LogP contribution in [0.4, 0.5) is 8.78 Å². The Morgan fingerprint density at radius 3 is 2.26 bits per heavy atom. The van der Waals surface area contributed by atoms with Crippen molar-refractivity contribution < 1.29 is 35.1 Å². The largest absolute Gasteiger partial charge is 0.465 e. The van der Waals surface area contributed by atoms with Crippen LogP contribution in [-0.2, 0) is 34.0 Å². The first-order valence-electron chi connectivity index (χ1n) is 10.7. The number of hydrogen-bond acceptors (Lipinski definition) is 6. The zero-order chi connectivity index (χ0) is 25.1. The van der Waals surface area contributed by atoms with Gasteiger partial charge in [0.25, 0.3) is 0 Å². The zero-order valence-electron chi connectivity index (χ0n) is 18.5. The second-order valence-corrected chi connectivity index (χ2v) is 13.2. The van der Waals surface area contributed by atoms with E-state index in [1.807, 2.05) is 0 Å². The van der Waals surface area contributed by atoms with E-state index in [0.29, 0.717) is 5.02 Å². The summed E-state index contributed by atoms with van der Waals surface area (Å²) in [6, 6.07) is 8.11. The number of hydrogen-bond donors (Lipinski definition) is 0. The van der Waals surface area contributed by atoms with Gasteiger partial charge in [-0.1, -0.05) is 11.6 Å². The van der Waals surface area contributed by atoms with Crippen LogP contribution in [0.2, 0.25) is 5.02 Å². The minimum Gasteiger partial charge on any atom is -0.465 e. The lowest BCUT2D eigenvalue weighted by Gasteiger charge is -2.40. The van der Waals surface area contributed by atoms with Crippen molar-refractivity contribution in [2.24, 2.45) is 5.92 Å². The van der Waals surface area contributed by atoms with Crippen molar-refractivity contribution in [3.05, 3.63) is 64.7 Å². The van der Waals surface area contributed by atoms with Gasteiger partial charge in [0.1, 0.15) is 22.1 Å². The molecule has 1 fully saturated rings. The van der Waals surface area contributed by atoms with Crippen molar-refractivity contribution in [3.63, 3.8) is 0 Å². The fraction of sp³-hybridized carbons (Fsp3) is 0.435. The monoisotopic (exact) mass is 534 g/mol. The molecule has 6 nitrogen and oxygen atoms in total. The van der Waals surface area contributed by atoms with E-state index in [1.165, 1.54) is 24.3 Å². The average Bonchev–Trinajstić information content (AvgIpc) is 2.76. The molecule has 0 heterocycles. The van der Waals surface area contributed by atoms with Crippen LogP contribution in [0, 0.1) is 17.6 Å². The third-order valence-corrected chi connectivity index (χ3v) is 10.6. The number of rotatable bonds is 8. The molecule has 3 rings (SSSR count). The van der Waals surface area contributed by atoms with Gasteiger partial charge in [-0.3, -0.25) is 4.79 Å². The number of sulfone groups is 2. The third kappa shape index (κ3) is 5.60. The average molecular weight is 535 g/mol. The molecule has 0 amide bonds. The number of benzene rings is 2. The van der Waals surface area contributed by atoms with Crippen LogP contribution >= 0.6 is 11.6 Å². The van der Waals surface area contributed by atoms with Crippen molar-refractivity contribution >= 4 is 37.2 Å². The normalized spacial score (nSPS) is 21.2. The Hall–Kier alpha value is -2.04. The van der Waals surface area contributed by atoms with E-state index < -0.39 is 53.7 Å². The second kappa shape index (κ2) is 10.3. The van der Waals surface area contributed by atoms with Crippen LogP contribution in [0.25, 0.3) is 0 Å². The van der Waals surface area contributed by atoms with Crippen molar-refractivity contribution in [2.45, 2.75) is 42.2 Å². The van der Waals surface area contributed by atoms with E-state index in [0.717, 1.165) is 18.2 Å². The van der Waals surface area contributed by atoms with E-state index in [-0.39, 0.29) is 48.5 Å². The van der Waals surface area contributed by atoms with Gasteiger partial charge in [0.15, 0.2) is 19.7 Å². The van der Waals surface area contributed by atoms with Gasteiger partial charge in [0.05, 0.1) is 17.3 Å². The Labute approximate surface area is 203 Å². The van der Waals surface area contributed by atoms with Crippen LogP contribution in [0.1, 0.15) is 38.2 Å². The molecule has 0 saturated heterocycles.